The van der Waals surface area contributed by atoms with Gasteiger partial charge in [0.25, 0.3) is 15.9 Å². The number of nitrogens with one attached hydrogen (secondary N) is 2. The van der Waals surface area contributed by atoms with Gasteiger partial charge in [-0.1, -0.05) is 53.3 Å². The molecule has 10 heteroatoms. The van der Waals surface area contributed by atoms with Gasteiger partial charge in [-0.15, -0.1) is 10.2 Å². The van der Waals surface area contributed by atoms with Gasteiger partial charge in [-0.25, -0.2) is 13.1 Å². The van der Waals surface area contributed by atoms with E-state index >= 15 is 0 Å². The fraction of sp³-hybridized carbons (Fsp3) is 0.118. The van der Waals surface area contributed by atoms with E-state index in [2.05, 4.69) is 20.2 Å². The lowest BCUT2D eigenvalue weighted by Crippen LogP contribution is -2.25. The summed E-state index contributed by atoms with van der Waals surface area (Å²) in [6, 6.07) is 15.8. The lowest BCUT2D eigenvalue weighted by molar-refractivity contribution is 0.102. The number of amides is 1. The standard InChI is InChI=1S/C17H15ClN4O3S2/c18-14-8-6-13(7-9-14)15(23)20-16-21-22-17(26-16)27(24,25)19-11-10-12-4-2-1-3-5-12/h1-9,19H,10-11H2,(H,20,21,23). The van der Waals surface area contributed by atoms with E-state index in [0.29, 0.717) is 17.0 Å². The van der Waals surface area contributed by atoms with Crippen molar-refractivity contribution in [2.45, 2.75) is 10.8 Å². The van der Waals surface area contributed by atoms with Crippen molar-refractivity contribution in [1.29, 1.82) is 0 Å². The van der Waals surface area contributed by atoms with Crippen LogP contribution < -0.4 is 10.0 Å². The number of sulfonamides is 1. The van der Waals surface area contributed by atoms with E-state index in [4.69, 9.17) is 11.6 Å². The van der Waals surface area contributed by atoms with Gasteiger partial charge in [0, 0.05) is 17.1 Å². The molecule has 0 aliphatic heterocycles. The summed E-state index contributed by atoms with van der Waals surface area (Å²) in [7, 11) is -3.79. The van der Waals surface area contributed by atoms with Crippen molar-refractivity contribution in [2.75, 3.05) is 11.9 Å². The molecule has 0 atom stereocenters. The molecule has 3 aromatic rings. The van der Waals surface area contributed by atoms with Gasteiger partial charge in [0.1, 0.15) is 0 Å². The molecule has 1 amide bonds. The van der Waals surface area contributed by atoms with E-state index in [9.17, 15) is 13.2 Å². The first-order chi connectivity index (χ1) is 12.9. The first-order valence-electron chi connectivity index (χ1n) is 7.88. The number of hydrogen-bond acceptors (Lipinski definition) is 6. The molecule has 1 heterocycles. The number of aromatic nitrogens is 2. The number of anilines is 1. The summed E-state index contributed by atoms with van der Waals surface area (Å²) in [6.07, 6.45) is 0.555. The molecule has 0 spiro atoms. The molecule has 0 unspecified atom stereocenters. The van der Waals surface area contributed by atoms with Crippen LogP contribution in [0, 0.1) is 0 Å². The van der Waals surface area contributed by atoms with E-state index in [1.54, 1.807) is 24.3 Å². The topological polar surface area (TPSA) is 101 Å². The van der Waals surface area contributed by atoms with Crippen LogP contribution in [0.5, 0.6) is 0 Å². The molecule has 0 bridgehead atoms. The normalized spacial score (nSPS) is 11.3. The molecule has 0 aliphatic carbocycles. The number of hydrogen-bond donors (Lipinski definition) is 2. The molecule has 1 aromatic heterocycles. The maximum Gasteiger partial charge on any atom is 0.269 e. The molecule has 2 aromatic carbocycles. The van der Waals surface area contributed by atoms with E-state index in [0.717, 1.165) is 16.9 Å². The molecule has 0 saturated carbocycles. The minimum atomic E-state index is -3.79. The number of benzene rings is 2. The molecule has 3 rings (SSSR count). The van der Waals surface area contributed by atoms with Crippen LogP contribution in [0.3, 0.4) is 0 Å². The fourth-order valence-corrected chi connectivity index (χ4v) is 4.27. The Labute approximate surface area is 165 Å². The minimum absolute atomic E-state index is 0.0957. The molecular formula is C17H15ClN4O3S2. The fourth-order valence-electron chi connectivity index (χ4n) is 2.18. The second-order valence-corrected chi connectivity index (χ2v) is 8.82. The van der Waals surface area contributed by atoms with Crippen molar-refractivity contribution in [1.82, 2.24) is 14.9 Å². The number of carbonyl (C=O) groups excluding carboxylic acids is 1. The van der Waals surface area contributed by atoms with Crippen LogP contribution in [-0.4, -0.2) is 31.1 Å². The summed E-state index contributed by atoms with van der Waals surface area (Å²) in [4.78, 5) is 12.1. The maximum absolute atomic E-state index is 12.3. The minimum Gasteiger partial charge on any atom is -0.296 e. The van der Waals surface area contributed by atoms with E-state index in [1.165, 1.54) is 0 Å². The Morgan fingerprint density at radius 2 is 1.74 bits per heavy atom. The van der Waals surface area contributed by atoms with Gasteiger partial charge in [-0.3, -0.25) is 10.1 Å². The molecule has 0 aliphatic rings. The summed E-state index contributed by atoms with van der Waals surface area (Å²) < 4.78 is 26.9. The van der Waals surface area contributed by atoms with Crippen molar-refractivity contribution in [2.24, 2.45) is 0 Å². The Morgan fingerprint density at radius 3 is 2.44 bits per heavy atom. The van der Waals surface area contributed by atoms with Gasteiger partial charge in [0.15, 0.2) is 0 Å². The van der Waals surface area contributed by atoms with Crippen molar-refractivity contribution >= 4 is 44.0 Å². The molecular weight excluding hydrogens is 408 g/mol. The first-order valence-corrected chi connectivity index (χ1v) is 10.6. The number of carbonyl (C=O) groups is 1. The Balaban J connectivity index is 1.60. The zero-order valence-corrected chi connectivity index (χ0v) is 16.3. The highest BCUT2D eigenvalue weighted by atomic mass is 35.5. The van der Waals surface area contributed by atoms with Crippen LogP contribution in [0.25, 0.3) is 0 Å². The average molecular weight is 423 g/mol. The maximum atomic E-state index is 12.3. The summed E-state index contributed by atoms with van der Waals surface area (Å²) in [5, 5.41) is 10.5. The lowest BCUT2D eigenvalue weighted by Gasteiger charge is -2.03. The second-order valence-electron chi connectivity index (χ2n) is 5.47. The number of nitrogens with zero attached hydrogens (tertiary/aromatic N) is 2. The highest BCUT2D eigenvalue weighted by Gasteiger charge is 2.20. The summed E-state index contributed by atoms with van der Waals surface area (Å²) in [5.74, 6) is -0.427. The molecule has 0 saturated heterocycles. The molecule has 27 heavy (non-hydrogen) atoms. The van der Waals surface area contributed by atoms with Crippen LogP contribution in [0.1, 0.15) is 15.9 Å². The average Bonchev–Trinajstić information content (AvgIpc) is 3.12. The quantitative estimate of drug-likeness (QED) is 0.570. The Bertz CT molecular complexity index is 1020. The predicted molar refractivity (Wildman–Crippen MR) is 105 cm³/mol. The van der Waals surface area contributed by atoms with Crippen LogP contribution >= 0.6 is 22.9 Å². The molecule has 7 nitrogen and oxygen atoms in total. The highest BCUT2D eigenvalue weighted by Crippen LogP contribution is 2.20. The molecule has 140 valence electrons. The summed E-state index contributed by atoms with van der Waals surface area (Å²) >= 11 is 6.57. The van der Waals surface area contributed by atoms with Crippen molar-refractivity contribution in [3.63, 3.8) is 0 Å². The van der Waals surface area contributed by atoms with Crippen LogP contribution in [0.4, 0.5) is 5.13 Å². The third-order valence-corrected chi connectivity index (χ3v) is 6.43. The third-order valence-electron chi connectivity index (χ3n) is 3.51. The van der Waals surface area contributed by atoms with Crippen LogP contribution in [0.15, 0.2) is 58.9 Å². The Morgan fingerprint density at radius 1 is 1.04 bits per heavy atom. The predicted octanol–water partition coefficient (Wildman–Crippen LogP) is 2.96. The SMILES string of the molecule is O=C(Nc1nnc(S(=O)(=O)NCCc2ccccc2)s1)c1ccc(Cl)cc1. The summed E-state index contributed by atoms with van der Waals surface area (Å²) in [5.41, 5.74) is 1.40. The van der Waals surface area contributed by atoms with Gasteiger partial charge in [0.2, 0.25) is 9.47 Å². The Kier molecular flexibility index (Phi) is 6.17. The van der Waals surface area contributed by atoms with Crippen molar-refractivity contribution < 1.29 is 13.2 Å². The van der Waals surface area contributed by atoms with Crippen molar-refractivity contribution in [3.8, 4) is 0 Å². The third kappa shape index (κ3) is 5.33. The number of rotatable bonds is 7. The van der Waals surface area contributed by atoms with Crippen LogP contribution in [-0.2, 0) is 16.4 Å². The van der Waals surface area contributed by atoms with Crippen molar-refractivity contribution in [3.05, 3.63) is 70.7 Å². The monoisotopic (exact) mass is 422 g/mol. The Hall–Kier alpha value is -2.33. The van der Waals surface area contributed by atoms with Gasteiger partial charge < -0.3 is 0 Å². The van der Waals surface area contributed by atoms with Gasteiger partial charge in [0.05, 0.1) is 0 Å². The largest absolute Gasteiger partial charge is 0.296 e. The van der Waals surface area contributed by atoms with E-state index in [1.807, 2.05) is 30.3 Å². The van der Waals surface area contributed by atoms with Gasteiger partial charge in [-0.2, -0.15) is 0 Å². The van der Waals surface area contributed by atoms with E-state index in [-0.39, 0.29) is 16.0 Å². The zero-order valence-electron chi connectivity index (χ0n) is 13.9. The highest BCUT2D eigenvalue weighted by molar-refractivity contribution is 7.91. The smallest absolute Gasteiger partial charge is 0.269 e. The molecule has 2 N–H and O–H groups in total. The first kappa shape index (κ1) is 19.4. The second kappa shape index (κ2) is 8.57. The van der Waals surface area contributed by atoms with Gasteiger partial charge >= 0.3 is 0 Å². The molecule has 0 radical (unpaired) electrons. The van der Waals surface area contributed by atoms with E-state index < -0.39 is 15.9 Å². The molecule has 0 fully saturated rings. The summed E-state index contributed by atoms with van der Waals surface area (Å²) in [6.45, 7) is 0.235. The lowest BCUT2D eigenvalue weighted by atomic mass is 10.2. The number of halogens is 1. The van der Waals surface area contributed by atoms with Crippen LogP contribution in [0.2, 0.25) is 5.02 Å². The van der Waals surface area contributed by atoms with Gasteiger partial charge in [-0.05, 0) is 36.2 Å². The zero-order chi connectivity index (χ0) is 19.3.